The summed E-state index contributed by atoms with van der Waals surface area (Å²) in [5, 5.41) is 0. The van der Waals surface area contributed by atoms with Crippen molar-refractivity contribution >= 4 is 17.9 Å². The Morgan fingerprint density at radius 1 is 0.286 bits per heavy atom. The van der Waals surface area contributed by atoms with Crippen LogP contribution in [0.5, 0.6) is 0 Å². The van der Waals surface area contributed by atoms with Crippen LogP contribution in [-0.4, -0.2) is 37.2 Å². The Labute approximate surface area is 435 Å². The summed E-state index contributed by atoms with van der Waals surface area (Å²) in [7, 11) is 0. The summed E-state index contributed by atoms with van der Waals surface area (Å²) in [6, 6.07) is 0. The van der Waals surface area contributed by atoms with Gasteiger partial charge in [-0.05, 0) is 96.3 Å². The summed E-state index contributed by atoms with van der Waals surface area (Å²) in [5.41, 5.74) is 0. The number of ether oxygens (including phenoxy) is 3. The summed E-state index contributed by atoms with van der Waals surface area (Å²) in [6.45, 7) is 6.62. The van der Waals surface area contributed by atoms with Gasteiger partial charge in [-0.25, -0.2) is 0 Å². The summed E-state index contributed by atoms with van der Waals surface area (Å²) in [6.07, 6.45) is 72.5. The molecule has 0 rings (SSSR count). The minimum atomic E-state index is -0.782. The number of carbonyl (C=O) groups excluding carboxylic acids is 3. The van der Waals surface area contributed by atoms with E-state index in [9.17, 15) is 14.4 Å². The second kappa shape index (κ2) is 58.9. The molecule has 0 fully saturated rings. The van der Waals surface area contributed by atoms with Gasteiger partial charge in [0.25, 0.3) is 0 Å². The molecule has 70 heavy (non-hydrogen) atoms. The van der Waals surface area contributed by atoms with Crippen LogP contribution in [0.25, 0.3) is 0 Å². The van der Waals surface area contributed by atoms with Crippen LogP contribution in [0.4, 0.5) is 0 Å². The molecular weight excluding hydrogens is 865 g/mol. The molecule has 1 atom stereocenters. The van der Waals surface area contributed by atoms with Crippen LogP contribution >= 0.6 is 0 Å². The lowest BCUT2D eigenvalue weighted by atomic mass is 10.1. The zero-order valence-corrected chi connectivity index (χ0v) is 46.8. The fourth-order valence-corrected chi connectivity index (χ4v) is 8.86. The van der Waals surface area contributed by atoms with Crippen molar-refractivity contribution in [3.05, 3.63) is 48.6 Å². The van der Waals surface area contributed by atoms with E-state index in [0.29, 0.717) is 19.3 Å². The highest BCUT2D eigenvalue weighted by Gasteiger charge is 2.19. The molecule has 0 aliphatic heterocycles. The van der Waals surface area contributed by atoms with E-state index < -0.39 is 6.10 Å². The maximum Gasteiger partial charge on any atom is 0.306 e. The third-order valence-electron chi connectivity index (χ3n) is 13.5. The van der Waals surface area contributed by atoms with E-state index in [4.69, 9.17) is 14.2 Å². The van der Waals surface area contributed by atoms with E-state index in [1.165, 1.54) is 205 Å². The van der Waals surface area contributed by atoms with Crippen LogP contribution in [0.3, 0.4) is 0 Å². The summed E-state index contributed by atoms with van der Waals surface area (Å²) >= 11 is 0. The quantitative estimate of drug-likeness (QED) is 0.0261. The van der Waals surface area contributed by atoms with Crippen molar-refractivity contribution in [3.63, 3.8) is 0 Å². The van der Waals surface area contributed by atoms with Gasteiger partial charge in [0.2, 0.25) is 0 Å². The first-order valence-corrected chi connectivity index (χ1v) is 30.6. The number of esters is 3. The van der Waals surface area contributed by atoms with Gasteiger partial charge in [-0.2, -0.15) is 0 Å². The molecule has 6 heteroatoms. The normalized spacial score (nSPS) is 12.3. The molecule has 0 spiro atoms. The molecule has 408 valence electrons. The molecule has 0 N–H and O–H groups in total. The lowest BCUT2D eigenvalue weighted by molar-refractivity contribution is -0.167. The molecular formula is C64H116O6. The number of allylic oxidation sites excluding steroid dienone is 8. The van der Waals surface area contributed by atoms with Gasteiger partial charge in [0.15, 0.2) is 6.10 Å². The highest BCUT2D eigenvalue weighted by atomic mass is 16.6. The van der Waals surface area contributed by atoms with Gasteiger partial charge >= 0.3 is 17.9 Å². The maximum atomic E-state index is 12.9. The molecule has 0 aromatic carbocycles. The number of hydrogen-bond acceptors (Lipinski definition) is 6. The maximum absolute atomic E-state index is 12.9. The van der Waals surface area contributed by atoms with E-state index >= 15 is 0 Å². The minimum absolute atomic E-state index is 0.0786. The topological polar surface area (TPSA) is 78.9 Å². The van der Waals surface area contributed by atoms with E-state index in [-0.39, 0.29) is 31.1 Å². The van der Waals surface area contributed by atoms with Gasteiger partial charge in [0.1, 0.15) is 13.2 Å². The predicted octanol–water partition coefficient (Wildman–Crippen LogP) is 20.6. The van der Waals surface area contributed by atoms with Gasteiger partial charge < -0.3 is 14.2 Å². The van der Waals surface area contributed by atoms with Crippen molar-refractivity contribution in [2.45, 2.75) is 329 Å². The summed E-state index contributed by atoms with van der Waals surface area (Å²) < 4.78 is 16.9. The number of rotatable bonds is 56. The number of unbranched alkanes of at least 4 members (excludes halogenated alkanes) is 37. The molecule has 0 saturated heterocycles. The third kappa shape index (κ3) is 56.3. The average molecular weight is 982 g/mol. The van der Waals surface area contributed by atoms with E-state index in [1.54, 1.807) is 0 Å². The minimum Gasteiger partial charge on any atom is -0.462 e. The van der Waals surface area contributed by atoms with Gasteiger partial charge in [0, 0.05) is 19.3 Å². The molecule has 1 unspecified atom stereocenters. The van der Waals surface area contributed by atoms with Crippen LogP contribution in [0.15, 0.2) is 48.6 Å². The zero-order chi connectivity index (χ0) is 50.7. The van der Waals surface area contributed by atoms with Crippen molar-refractivity contribution in [1.82, 2.24) is 0 Å². The molecule has 6 nitrogen and oxygen atoms in total. The van der Waals surface area contributed by atoms with Crippen molar-refractivity contribution < 1.29 is 28.6 Å². The first kappa shape index (κ1) is 67.4. The monoisotopic (exact) mass is 981 g/mol. The Bertz CT molecular complexity index is 1220. The first-order valence-electron chi connectivity index (χ1n) is 30.6. The van der Waals surface area contributed by atoms with Gasteiger partial charge in [0.05, 0.1) is 0 Å². The fraction of sp³-hybridized carbons (Fsp3) is 0.828. The molecule has 0 bridgehead atoms. The second-order valence-corrected chi connectivity index (χ2v) is 20.6. The van der Waals surface area contributed by atoms with Crippen LogP contribution in [0.2, 0.25) is 0 Å². The van der Waals surface area contributed by atoms with Crippen molar-refractivity contribution in [3.8, 4) is 0 Å². The summed E-state index contributed by atoms with van der Waals surface area (Å²) in [4.78, 5) is 38.2. The largest absolute Gasteiger partial charge is 0.462 e. The smallest absolute Gasteiger partial charge is 0.306 e. The first-order chi connectivity index (χ1) is 34.5. The lowest BCUT2D eigenvalue weighted by Gasteiger charge is -2.18. The standard InChI is InChI=1S/C64H116O6/c1-4-7-10-13-16-19-22-25-28-30-31-32-33-35-36-39-42-45-48-51-54-57-63(66)69-60-61(59-68-62(65)56-53-50-47-44-41-38-27-24-21-18-15-12-9-6-3)70-64(67)58-55-52-49-46-43-40-37-34-29-26-23-20-17-14-11-8-5-2/h15,18,24,26-27,29-31,61H,4-14,16-17,19-23,25,28,32-60H2,1-3H3/b18-15-,27-24-,29-26-,31-30-. The Kier molecular flexibility index (Phi) is 56.7. The molecule has 0 saturated carbocycles. The zero-order valence-electron chi connectivity index (χ0n) is 46.8. The lowest BCUT2D eigenvalue weighted by Crippen LogP contribution is -2.30. The van der Waals surface area contributed by atoms with Crippen molar-refractivity contribution in [2.24, 2.45) is 0 Å². The van der Waals surface area contributed by atoms with Crippen molar-refractivity contribution in [1.29, 1.82) is 0 Å². The fourth-order valence-electron chi connectivity index (χ4n) is 8.86. The summed E-state index contributed by atoms with van der Waals surface area (Å²) in [5.74, 6) is -0.884. The predicted molar refractivity (Wildman–Crippen MR) is 302 cm³/mol. The second-order valence-electron chi connectivity index (χ2n) is 20.6. The Morgan fingerprint density at radius 3 is 0.843 bits per heavy atom. The Morgan fingerprint density at radius 2 is 0.529 bits per heavy atom. The molecule has 0 aliphatic rings. The molecule has 0 radical (unpaired) electrons. The number of hydrogen-bond donors (Lipinski definition) is 0. The number of carbonyl (C=O) groups is 3. The van der Waals surface area contributed by atoms with Gasteiger partial charge in [-0.3, -0.25) is 14.4 Å². The average Bonchev–Trinajstić information content (AvgIpc) is 3.36. The van der Waals surface area contributed by atoms with Crippen molar-refractivity contribution in [2.75, 3.05) is 13.2 Å². The Hall–Kier alpha value is -2.63. The highest BCUT2D eigenvalue weighted by molar-refractivity contribution is 5.71. The van der Waals surface area contributed by atoms with Gasteiger partial charge in [-0.1, -0.05) is 256 Å². The molecule has 0 heterocycles. The Balaban J connectivity index is 4.34. The third-order valence-corrected chi connectivity index (χ3v) is 13.5. The van der Waals surface area contributed by atoms with Crippen LogP contribution in [0.1, 0.15) is 323 Å². The molecule has 0 aromatic rings. The molecule has 0 aliphatic carbocycles. The van der Waals surface area contributed by atoms with Crippen LogP contribution < -0.4 is 0 Å². The van der Waals surface area contributed by atoms with Gasteiger partial charge in [-0.15, -0.1) is 0 Å². The molecule has 0 amide bonds. The van der Waals surface area contributed by atoms with E-state index in [0.717, 1.165) is 77.0 Å². The SMILES string of the molecule is CCCC/C=C\C/C=C\CCCCCCCC(=O)OCC(COC(=O)CCCCCCCCCCC/C=C\CCCCCCCCCC)OC(=O)CCCCCCCCC/C=C\CCCCCCCC. The van der Waals surface area contributed by atoms with E-state index in [2.05, 4.69) is 69.4 Å². The molecule has 0 aromatic heterocycles. The van der Waals surface area contributed by atoms with E-state index in [1.807, 2.05) is 0 Å². The highest BCUT2D eigenvalue weighted by Crippen LogP contribution is 2.16. The van der Waals surface area contributed by atoms with Crippen LogP contribution in [-0.2, 0) is 28.6 Å². The van der Waals surface area contributed by atoms with Crippen LogP contribution in [0, 0.1) is 0 Å².